The number of halogens is 2. The van der Waals surface area contributed by atoms with Gasteiger partial charge < -0.3 is 15.2 Å². The van der Waals surface area contributed by atoms with Gasteiger partial charge >= 0.3 is 5.97 Å². The number of carbonyl (C=O) groups excluding carboxylic acids is 1. The number of nitrogens with zero attached hydrogens (tertiary/aromatic N) is 3. The summed E-state index contributed by atoms with van der Waals surface area (Å²) in [6.07, 6.45) is 1.51. The predicted molar refractivity (Wildman–Crippen MR) is 132 cm³/mol. The Balaban J connectivity index is 1.72. The molecule has 0 radical (unpaired) electrons. The first-order valence-electron chi connectivity index (χ1n) is 9.96. The molecule has 2 aromatic carbocycles. The van der Waals surface area contributed by atoms with Crippen molar-refractivity contribution in [2.75, 3.05) is 11.9 Å². The molecular weight excluding hydrogens is 528 g/mol. The van der Waals surface area contributed by atoms with Gasteiger partial charge in [-0.15, -0.1) is 5.10 Å². The number of carbonyl (C=O) groups is 1. The number of rotatable bonds is 7. The number of phenolic OH excluding ortho intramolecular Hbond substituents is 1. The second-order valence-electron chi connectivity index (χ2n) is 7.21. The van der Waals surface area contributed by atoms with Crippen molar-refractivity contribution in [1.29, 1.82) is 0 Å². The lowest BCUT2D eigenvalue weighted by Gasteiger charge is -2.28. The Morgan fingerprint density at radius 3 is 2.91 bits per heavy atom. The maximum Gasteiger partial charge on any atom is 0.338 e. The highest BCUT2D eigenvalue weighted by Gasteiger charge is 2.35. The average Bonchev–Trinajstić information content (AvgIpc) is 3.20. The Morgan fingerprint density at radius 2 is 2.18 bits per heavy atom. The Labute approximate surface area is 208 Å². The van der Waals surface area contributed by atoms with Gasteiger partial charge in [-0.1, -0.05) is 60.3 Å². The predicted octanol–water partition coefficient (Wildman–Crippen LogP) is 5.71. The smallest absolute Gasteiger partial charge is 0.338 e. The number of nitrogens with one attached hydrogen (secondary N) is 1. The van der Waals surface area contributed by atoms with E-state index in [4.69, 9.17) is 16.3 Å². The maximum absolute atomic E-state index is 13.0. The molecule has 33 heavy (non-hydrogen) atoms. The minimum absolute atomic E-state index is 0.0881. The zero-order chi connectivity index (χ0) is 23.5. The molecule has 4 rings (SSSR count). The molecule has 1 atom stereocenters. The first-order valence-corrected chi connectivity index (χ1v) is 12.1. The van der Waals surface area contributed by atoms with Crippen LogP contribution >= 0.6 is 39.3 Å². The van der Waals surface area contributed by atoms with E-state index in [9.17, 15) is 9.90 Å². The minimum atomic E-state index is -0.599. The van der Waals surface area contributed by atoms with Crippen LogP contribution in [-0.2, 0) is 15.3 Å². The maximum atomic E-state index is 13.0. The van der Waals surface area contributed by atoms with E-state index in [-0.39, 0.29) is 12.4 Å². The number of ether oxygens (including phenoxy) is 1. The molecule has 1 aliphatic heterocycles. The van der Waals surface area contributed by atoms with E-state index < -0.39 is 12.0 Å². The molecule has 0 amide bonds. The van der Waals surface area contributed by atoms with Gasteiger partial charge in [-0.05, 0) is 52.2 Å². The van der Waals surface area contributed by atoms with E-state index in [1.54, 1.807) is 29.8 Å². The lowest BCUT2D eigenvalue weighted by Crippen LogP contribution is -2.29. The molecule has 0 bridgehead atoms. The highest BCUT2D eigenvalue weighted by molar-refractivity contribution is 9.10. The second-order valence-corrected chi connectivity index (χ2v) is 9.41. The number of esters is 1. The monoisotopic (exact) mass is 546 g/mol. The number of aromatic nitrogens is 3. The van der Waals surface area contributed by atoms with Gasteiger partial charge in [-0.3, -0.25) is 0 Å². The van der Waals surface area contributed by atoms with Crippen molar-refractivity contribution in [3.05, 3.63) is 87.0 Å². The van der Waals surface area contributed by atoms with E-state index in [1.165, 1.54) is 17.8 Å². The van der Waals surface area contributed by atoms with Gasteiger partial charge in [-0.2, -0.15) is 4.98 Å². The Kier molecular flexibility index (Phi) is 7.11. The van der Waals surface area contributed by atoms with Crippen molar-refractivity contribution < 1.29 is 14.6 Å². The molecule has 2 N–H and O–H groups in total. The third kappa shape index (κ3) is 4.95. The summed E-state index contributed by atoms with van der Waals surface area (Å²) in [6.45, 7) is 5.48. The van der Waals surface area contributed by atoms with Gasteiger partial charge in [0.1, 0.15) is 18.4 Å². The number of thioether (sulfide) groups is 1. The number of anilines is 1. The molecule has 7 nitrogen and oxygen atoms in total. The zero-order valence-corrected chi connectivity index (χ0v) is 20.7. The molecule has 0 saturated carbocycles. The molecule has 10 heteroatoms. The summed E-state index contributed by atoms with van der Waals surface area (Å²) in [7, 11) is 0. The van der Waals surface area contributed by atoms with Crippen molar-refractivity contribution in [2.45, 2.75) is 23.9 Å². The van der Waals surface area contributed by atoms with Crippen LogP contribution in [-0.4, -0.2) is 32.4 Å². The van der Waals surface area contributed by atoms with Gasteiger partial charge in [0.25, 0.3) is 0 Å². The van der Waals surface area contributed by atoms with Crippen molar-refractivity contribution in [2.24, 2.45) is 0 Å². The third-order valence-corrected chi connectivity index (χ3v) is 6.88. The van der Waals surface area contributed by atoms with Crippen LogP contribution in [0.1, 0.15) is 24.1 Å². The van der Waals surface area contributed by atoms with Crippen LogP contribution in [0.3, 0.4) is 0 Å². The van der Waals surface area contributed by atoms with Crippen LogP contribution in [0.2, 0.25) is 5.02 Å². The molecule has 0 fully saturated rings. The van der Waals surface area contributed by atoms with E-state index in [2.05, 4.69) is 37.9 Å². The number of aromatic hydroxyl groups is 1. The van der Waals surface area contributed by atoms with Crippen molar-refractivity contribution in [1.82, 2.24) is 14.8 Å². The molecule has 0 saturated heterocycles. The van der Waals surface area contributed by atoms with Gasteiger partial charge in [0.05, 0.1) is 10.0 Å². The van der Waals surface area contributed by atoms with Gasteiger partial charge in [0, 0.05) is 16.5 Å². The number of allylic oxidation sites excluding steroid dienone is 1. The Hall–Kier alpha value is -2.75. The van der Waals surface area contributed by atoms with Crippen LogP contribution < -0.4 is 5.32 Å². The number of fused-ring (bicyclic) bond motifs is 1. The largest absolute Gasteiger partial charge is 0.507 e. The molecule has 3 aromatic rings. The van der Waals surface area contributed by atoms with Crippen LogP contribution in [0.5, 0.6) is 5.75 Å². The molecule has 0 spiro atoms. The van der Waals surface area contributed by atoms with Crippen LogP contribution in [0.25, 0.3) is 0 Å². The summed E-state index contributed by atoms with van der Waals surface area (Å²) < 4.78 is 7.51. The highest BCUT2D eigenvalue weighted by Crippen LogP contribution is 2.39. The van der Waals surface area contributed by atoms with Crippen LogP contribution in [0.15, 0.2) is 76.0 Å². The van der Waals surface area contributed by atoms with Crippen molar-refractivity contribution >= 4 is 51.2 Å². The third-order valence-electron chi connectivity index (χ3n) is 4.99. The summed E-state index contributed by atoms with van der Waals surface area (Å²) in [4.78, 5) is 17.6. The summed E-state index contributed by atoms with van der Waals surface area (Å²) in [5, 5.41) is 19.0. The van der Waals surface area contributed by atoms with E-state index in [0.717, 1.165) is 11.1 Å². The fourth-order valence-corrected chi connectivity index (χ4v) is 4.94. The summed E-state index contributed by atoms with van der Waals surface area (Å²) in [5.41, 5.74) is 2.72. The van der Waals surface area contributed by atoms with Gasteiger partial charge in [0.15, 0.2) is 0 Å². The van der Waals surface area contributed by atoms with E-state index in [1.807, 2.05) is 24.3 Å². The lowest BCUT2D eigenvalue weighted by molar-refractivity contribution is -0.138. The normalized spacial score (nSPS) is 15.1. The van der Waals surface area contributed by atoms with Crippen molar-refractivity contribution in [3.8, 4) is 5.75 Å². The number of hydrogen-bond acceptors (Lipinski definition) is 7. The SMILES string of the molecule is C=CCOC(=O)C1=C(C)Nc2nc(SCc3ccccc3Cl)nn2C1c1ccc(O)c(Br)c1. The summed E-state index contributed by atoms with van der Waals surface area (Å²) >= 11 is 11.1. The molecular formula is C23H20BrClN4O3S. The number of benzene rings is 2. The van der Waals surface area contributed by atoms with E-state index in [0.29, 0.717) is 37.6 Å². The quantitative estimate of drug-likeness (QED) is 0.222. The number of phenols is 1. The summed E-state index contributed by atoms with van der Waals surface area (Å²) in [6, 6.07) is 12.1. The molecule has 1 unspecified atom stereocenters. The Bertz CT molecular complexity index is 1260. The average molecular weight is 548 g/mol. The van der Waals surface area contributed by atoms with Crippen LogP contribution in [0, 0.1) is 0 Å². The molecule has 170 valence electrons. The molecule has 2 heterocycles. The minimum Gasteiger partial charge on any atom is -0.507 e. The fraction of sp³-hybridized carbons (Fsp3) is 0.174. The van der Waals surface area contributed by atoms with E-state index >= 15 is 0 Å². The first kappa shape index (κ1) is 23.4. The molecule has 1 aromatic heterocycles. The highest BCUT2D eigenvalue weighted by atomic mass is 79.9. The van der Waals surface area contributed by atoms with Crippen molar-refractivity contribution in [3.63, 3.8) is 0 Å². The molecule has 0 aliphatic carbocycles. The van der Waals surface area contributed by atoms with Crippen LogP contribution in [0.4, 0.5) is 5.95 Å². The fourth-order valence-electron chi connectivity index (χ4n) is 3.43. The number of hydrogen-bond donors (Lipinski definition) is 2. The van der Waals surface area contributed by atoms with Gasteiger partial charge in [0.2, 0.25) is 11.1 Å². The summed E-state index contributed by atoms with van der Waals surface area (Å²) in [5.74, 6) is 0.710. The van der Waals surface area contributed by atoms with Gasteiger partial charge in [-0.25, -0.2) is 9.48 Å². The second kappa shape index (κ2) is 10.0. The Morgan fingerprint density at radius 1 is 1.39 bits per heavy atom. The topological polar surface area (TPSA) is 89.3 Å². The standard InChI is InChI=1S/C23H20BrClN4O3S/c1-3-10-32-21(31)19-13(2)26-22-27-23(33-12-15-6-4-5-7-17(15)25)28-29(22)20(19)14-8-9-18(30)16(24)11-14/h3-9,11,20,30H,1,10,12H2,2H3,(H,26,27,28). The zero-order valence-electron chi connectivity index (χ0n) is 17.6. The first-order chi connectivity index (χ1) is 15.9. The lowest BCUT2D eigenvalue weighted by atomic mass is 9.96. The molecule has 1 aliphatic rings.